The molecule has 0 spiro atoms. The molecule has 2 N–H and O–H groups in total. The molecule has 10 heteroatoms. The number of alkyl carbamates (subject to hydrolysis) is 1. The number of aromatic nitrogens is 1. The summed E-state index contributed by atoms with van der Waals surface area (Å²) in [6.07, 6.45) is 2.60. The fourth-order valence-electron chi connectivity index (χ4n) is 3.48. The van der Waals surface area contributed by atoms with Gasteiger partial charge in [0.15, 0.2) is 6.39 Å². The van der Waals surface area contributed by atoms with E-state index in [4.69, 9.17) is 20.8 Å². The van der Waals surface area contributed by atoms with Crippen LogP contribution >= 0.6 is 11.6 Å². The number of oxazole rings is 1. The maximum atomic E-state index is 14.6. The van der Waals surface area contributed by atoms with E-state index in [0.717, 1.165) is 6.07 Å². The normalized spacial score (nSPS) is 14.7. The summed E-state index contributed by atoms with van der Waals surface area (Å²) in [4.78, 5) is 28.7. The van der Waals surface area contributed by atoms with Gasteiger partial charge in [-0.25, -0.2) is 18.6 Å². The van der Waals surface area contributed by atoms with Gasteiger partial charge in [-0.05, 0) is 48.7 Å². The van der Waals surface area contributed by atoms with Crippen LogP contribution < -0.4 is 10.6 Å². The molecular weight excluding hydrogens is 432 g/mol. The highest BCUT2D eigenvalue weighted by Crippen LogP contribution is 2.36. The first-order valence-electron chi connectivity index (χ1n) is 9.30. The quantitative estimate of drug-likeness (QED) is 0.587. The Kier molecular flexibility index (Phi) is 5.85. The average Bonchev–Trinajstić information content (AvgIpc) is 3.40. The SMILES string of the molecule is O=C(NC1CCc2c(C(=O)Nc3ccc(F)c(Cl)c3)ccc(F)c21)OCc1cocn1. The molecule has 1 heterocycles. The summed E-state index contributed by atoms with van der Waals surface area (Å²) in [7, 11) is 0. The number of anilines is 1. The fourth-order valence-corrected chi connectivity index (χ4v) is 3.66. The van der Waals surface area contributed by atoms with E-state index in [1.165, 1.54) is 36.9 Å². The number of ether oxygens (including phenoxy) is 1. The van der Waals surface area contributed by atoms with E-state index in [2.05, 4.69) is 15.6 Å². The highest BCUT2D eigenvalue weighted by molar-refractivity contribution is 6.31. The largest absolute Gasteiger partial charge is 0.451 e. The van der Waals surface area contributed by atoms with Crippen molar-refractivity contribution in [3.05, 3.63) is 82.0 Å². The van der Waals surface area contributed by atoms with Crippen LogP contribution in [0, 0.1) is 11.6 Å². The number of nitrogens with one attached hydrogen (secondary N) is 2. The molecule has 0 saturated carbocycles. The Hall–Kier alpha value is -3.46. The lowest BCUT2D eigenvalue weighted by molar-refractivity contribution is 0.102. The van der Waals surface area contributed by atoms with Gasteiger partial charge in [0.2, 0.25) is 0 Å². The van der Waals surface area contributed by atoms with Gasteiger partial charge in [-0.1, -0.05) is 11.6 Å². The number of benzene rings is 2. The Balaban J connectivity index is 1.48. The van der Waals surface area contributed by atoms with Gasteiger partial charge in [0.05, 0.1) is 11.1 Å². The Morgan fingerprint density at radius 2 is 2.03 bits per heavy atom. The van der Waals surface area contributed by atoms with Crippen molar-refractivity contribution in [3.8, 4) is 0 Å². The average molecular weight is 448 g/mol. The molecule has 0 bridgehead atoms. The van der Waals surface area contributed by atoms with Gasteiger partial charge in [0.25, 0.3) is 5.91 Å². The summed E-state index contributed by atoms with van der Waals surface area (Å²) in [6, 6.07) is 5.70. The van der Waals surface area contributed by atoms with Gasteiger partial charge in [-0.3, -0.25) is 4.79 Å². The Morgan fingerprint density at radius 1 is 1.23 bits per heavy atom. The Morgan fingerprint density at radius 3 is 2.77 bits per heavy atom. The van der Waals surface area contributed by atoms with Gasteiger partial charge in [-0.2, -0.15) is 0 Å². The fraction of sp³-hybridized carbons (Fsp3) is 0.190. The number of carbonyl (C=O) groups excluding carboxylic acids is 2. The topological polar surface area (TPSA) is 93.5 Å². The zero-order chi connectivity index (χ0) is 22.0. The molecule has 0 saturated heterocycles. The van der Waals surface area contributed by atoms with E-state index in [0.29, 0.717) is 29.8 Å². The smallest absolute Gasteiger partial charge is 0.408 e. The Bertz CT molecular complexity index is 1140. The van der Waals surface area contributed by atoms with Crippen LogP contribution in [-0.4, -0.2) is 17.0 Å². The summed E-state index contributed by atoms with van der Waals surface area (Å²) in [5.41, 5.74) is 1.74. The van der Waals surface area contributed by atoms with Crippen molar-refractivity contribution in [1.82, 2.24) is 10.3 Å². The lowest BCUT2D eigenvalue weighted by Gasteiger charge is -2.16. The second kappa shape index (κ2) is 8.73. The maximum Gasteiger partial charge on any atom is 0.408 e. The number of hydrogen-bond donors (Lipinski definition) is 2. The molecule has 2 amide bonds. The van der Waals surface area contributed by atoms with Crippen molar-refractivity contribution < 1.29 is 27.5 Å². The third-order valence-electron chi connectivity index (χ3n) is 4.88. The van der Waals surface area contributed by atoms with Crippen molar-refractivity contribution in [2.24, 2.45) is 0 Å². The molecule has 1 aliphatic rings. The minimum absolute atomic E-state index is 0.0902. The highest BCUT2D eigenvalue weighted by Gasteiger charge is 2.31. The summed E-state index contributed by atoms with van der Waals surface area (Å²) >= 11 is 5.75. The Labute approximate surface area is 180 Å². The first-order chi connectivity index (χ1) is 14.9. The number of amides is 2. The third kappa shape index (κ3) is 4.51. The van der Waals surface area contributed by atoms with Crippen LogP contribution in [0.4, 0.5) is 19.3 Å². The molecule has 31 heavy (non-hydrogen) atoms. The minimum Gasteiger partial charge on any atom is -0.451 e. The third-order valence-corrected chi connectivity index (χ3v) is 5.17. The van der Waals surface area contributed by atoms with E-state index < -0.39 is 29.7 Å². The van der Waals surface area contributed by atoms with E-state index in [-0.39, 0.29) is 22.8 Å². The molecule has 3 aromatic rings. The molecule has 4 rings (SSSR count). The van der Waals surface area contributed by atoms with Crippen LogP contribution in [0.2, 0.25) is 5.02 Å². The molecule has 0 aliphatic heterocycles. The zero-order valence-electron chi connectivity index (χ0n) is 16.0. The van der Waals surface area contributed by atoms with Gasteiger partial charge >= 0.3 is 6.09 Å². The van der Waals surface area contributed by atoms with E-state index in [1.807, 2.05) is 0 Å². The molecule has 160 valence electrons. The lowest BCUT2D eigenvalue weighted by Crippen LogP contribution is -2.28. The van der Waals surface area contributed by atoms with Crippen LogP contribution in [-0.2, 0) is 17.8 Å². The number of carbonyl (C=O) groups is 2. The first-order valence-corrected chi connectivity index (χ1v) is 9.68. The molecule has 0 radical (unpaired) electrons. The van der Waals surface area contributed by atoms with Gasteiger partial charge in [-0.15, -0.1) is 0 Å². The minimum atomic E-state index is -0.740. The van der Waals surface area contributed by atoms with E-state index in [9.17, 15) is 18.4 Å². The predicted octanol–water partition coefficient (Wildman–Crippen LogP) is 4.77. The van der Waals surface area contributed by atoms with E-state index in [1.54, 1.807) is 0 Å². The molecule has 7 nitrogen and oxygen atoms in total. The van der Waals surface area contributed by atoms with Crippen LogP contribution in [0.15, 0.2) is 47.4 Å². The van der Waals surface area contributed by atoms with Crippen LogP contribution in [0.3, 0.4) is 0 Å². The predicted molar refractivity (Wildman–Crippen MR) is 107 cm³/mol. The molecule has 1 unspecified atom stereocenters. The molecular formula is C21H16ClF2N3O4. The second-order valence-electron chi connectivity index (χ2n) is 6.86. The van der Waals surface area contributed by atoms with Crippen molar-refractivity contribution in [2.75, 3.05) is 5.32 Å². The van der Waals surface area contributed by atoms with E-state index >= 15 is 0 Å². The summed E-state index contributed by atoms with van der Waals surface area (Å²) in [5, 5.41) is 5.11. The van der Waals surface area contributed by atoms with Crippen molar-refractivity contribution in [2.45, 2.75) is 25.5 Å². The van der Waals surface area contributed by atoms with Crippen molar-refractivity contribution in [3.63, 3.8) is 0 Å². The lowest BCUT2D eigenvalue weighted by atomic mass is 10.0. The van der Waals surface area contributed by atoms with Crippen LogP contribution in [0.25, 0.3) is 0 Å². The number of halogens is 3. The van der Waals surface area contributed by atoms with Crippen LogP contribution in [0.1, 0.15) is 39.6 Å². The molecule has 0 fully saturated rings. The number of rotatable bonds is 5. The van der Waals surface area contributed by atoms with Crippen molar-refractivity contribution >= 4 is 29.3 Å². The summed E-state index contributed by atoms with van der Waals surface area (Å²) < 4.78 is 37.7. The molecule has 1 aromatic heterocycles. The van der Waals surface area contributed by atoms with Crippen molar-refractivity contribution in [1.29, 1.82) is 0 Å². The molecule has 1 atom stereocenters. The van der Waals surface area contributed by atoms with Gasteiger partial charge in [0.1, 0.15) is 30.2 Å². The first kappa shape index (κ1) is 20.8. The van der Waals surface area contributed by atoms with Gasteiger partial charge in [0, 0.05) is 16.8 Å². The number of hydrogen-bond acceptors (Lipinski definition) is 5. The van der Waals surface area contributed by atoms with Gasteiger partial charge < -0.3 is 19.8 Å². The maximum absolute atomic E-state index is 14.6. The molecule has 1 aliphatic carbocycles. The standard InChI is InChI=1S/C21H16ClF2N3O4/c22-15-7-11(1-4-16(15)23)26-20(28)14-2-5-17(24)19-13(14)3-6-18(19)27-21(29)31-9-12-8-30-10-25-12/h1-2,4-5,7-8,10,18H,3,6,9H2,(H,26,28)(H,27,29). The number of nitrogens with zero attached hydrogens (tertiary/aromatic N) is 1. The second-order valence-corrected chi connectivity index (χ2v) is 7.27. The zero-order valence-corrected chi connectivity index (χ0v) is 16.7. The van der Waals surface area contributed by atoms with Crippen LogP contribution in [0.5, 0.6) is 0 Å². The number of fused-ring (bicyclic) bond motifs is 1. The monoisotopic (exact) mass is 447 g/mol. The summed E-state index contributed by atoms with van der Waals surface area (Å²) in [6.45, 7) is -0.0902. The molecule has 2 aromatic carbocycles. The summed E-state index contributed by atoms with van der Waals surface area (Å²) in [5.74, 6) is -1.63. The highest BCUT2D eigenvalue weighted by atomic mass is 35.5.